The lowest BCUT2D eigenvalue weighted by Crippen LogP contribution is -2.70. The van der Waals surface area contributed by atoms with E-state index in [1.807, 2.05) is 37.3 Å². The van der Waals surface area contributed by atoms with Gasteiger partial charge < -0.3 is 10.4 Å². The number of carboxylic acids is 1. The summed E-state index contributed by atoms with van der Waals surface area (Å²) in [4.78, 5) is 39.1. The molecule has 30 heavy (non-hydrogen) atoms. The zero-order chi connectivity index (χ0) is 21.3. The Labute approximate surface area is 180 Å². The highest BCUT2D eigenvalue weighted by Gasteiger charge is 2.53. The first-order valence-electron chi connectivity index (χ1n) is 9.17. The molecule has 1 unspecified atom stereocenters. The summed E-state index contributed by atoms with van der Waals surface area (Å²) in [6.07, 6.45) is 3.55. The highest BCUT2D eigenvalue weighted by molar-refractivity contribution is 8.00. The molecule has 1 aromatic heterocycles. The van der Waals surface area contributed by atoms with Crippen LogP contribution in [-0.4, -0.2) is 54.5 Å². The summed E-state index contributed by atoms with van der Waals surface area (Å²) in [7, 11) is 0. The second-order valence-electron chi connectivity index (χ2n) is 6.84. The summed E-state index contributed by atoms with van der Waals surface area (Å²) in [6, 6.07) is 8.51. The van der Waals surface area contributed by atoms with Crippen LogP contribution in [0, 0.1) is 6.92 Å². The first-order chi connectivity index (χ1) is 14.5. The number of thioether (sulfide) groups is 1. The maximum Gasteiger partial charge on any atom is 0.352 e. The number of benzene rings is 1. The number of carboxylic acid groups (broad SMARTS) is 1. The van der Waals surface area contributed by atoms with Gasteiger partial charge in [-0.05, 0) is 35.7 Å². The first-order valence-corrected chi connectivity index (χ1v) is 11.0. The topological polar surface area (TPSA) is 112 Å². The van der Waals surface area contributed by atoms with E-state index >= 15 is 0 Å². The number of allylic oxidation sites excluding steroid dienone is 1. The van der Waals surface area contributed by atoms with Crippen LogP contribution >= 0.6 is 23.3 Å². The van der Waals surface area contributed by atoms with Gasteiger partial charge >= 0.3 is 5.97 Å². The molecule has 10 heteroatoms. The van der Waals surface area contributed by atoms with Crippen molar-refractivity contribution in [1.29, 1.82) is 0 Å². The van der Waals surface area contributed by atoms with Crippen molar-refractivity contribution in [2.24, 2.45) is 0 Å². The molecule has 0 bridgehead atoms. The molecule has 4 rings (SSSR count). The van der Waals surface area contributed by atoms with E-state index in [-0.39, 0.29) is 18.0 Å². The average Bonchev–Trinajstić information content (AvgIpc) is 3.15. The van der Waals surface area contributed by atoms with Crippen molar-refractivity contribution in [2.45, 2.75) is 24.8 Å². The quantitative estimate of drug-likeness (QED) is 0.657. The molecule has 0 radical (unpaired) electrons. The molecule has 2 amide bonds. The molecule has 1 saturated heterocycles. The molecule has 1 aromatic carbocycles. The van der Waals surface area contributed by atoms with Crippen LogP contribution in [-0.2, 0) is 20.8 Å². The van der Waals surface area contributed by atoms with Crippen LogP contribution < -0.4 is 5.32 Å². The Kier molecular flexibility index (Phi) is 5.69. The third-order valence-electron chi connectivity index (χ3n) is 4.85. The van der Waals surface area contributed by atoms with E-state index < -0.39 is 23.3 Å². The summed E-state index contributed by atoms with van der Waals surface area (Å²) < 4.78 is 3.86. The van der Waals surface area contributed by atoms with Gasteiger partial charge in [0.05, 0.1) is 6.42 Å². The molecule has 3 heterocycles. The highest BCUT2D eigenvalue weighted by atomic mass is 32.2. The van der Waals surface area contributed by atoms with E-state index in [0.29, 0.717) is 17.0 Å². The van der Waals surface area contributed by atoms with Crippen molar-refractivity contribution < 1.29 is 19.5 Å². The monoisotopic (exact) mass is 442 g/mol. The number of carbonyl (C=O) groups excluding carboxylic acids is 2. The average molecular weight is 443 g/mol. The zero-order valence-corrected chi connectivity index (χ0v) is 17.6. The SMILES string of the molecule is Cc1snnc1/C=C/C1=C(C(=O)O)N2C(=O)C(NC(=O)Cc3ccccc3)[C@H]2SC1. The lowest BCUT2D eigenvalue weighted by atomic mass is 10.0. The smallest absolute Gasteiger partial charge is 0.352 e. The van der Waals surface area contributed by atoms with Crippen LogP contribution in [0.25, 0.3) is 6.08 Å². The molecule has 2 N–H and O–H groups in total. The van der Waals surface area contributed by atoms with Crippen molar-refractivity contribution in [1.82, 2.24) is 19.8 Å². The van der Waals surface area contributed by atoms with Crippen LogP contribution in [0.15, 0.2) is 47.7 Å². The van der Waals surface area contributed by atoms with Crippen LogP contribution in [0.5, 0.6) is 0 Å². The molecular formula is C20H18N4O4S2. The minimum Gasteiger partial charge on any atom is -0.477 e. The van der Waals surface area contributed by atoms with Gasteiger partial charge in [0.1, 0.15) is 22.8 Å². The van der Waals surface area contributed by atoms with E-state index in [9.17, 15) is 19.5 Å². The van der Waals surface area contributed by atoms with E-state index in [4.69, 9.17) is 0 Å². The predicted octanol–water partition coefficient (Wildman–Crippen LogP) is 1.84. The fourth-order valence-corrected chi connectivity index (χ4v) is 5.12. The molecule has 2 aliphatic heterocycles. The molecule has 2 aromatic rings. The van der Waals surface area contributed by atoms with Gasteiger partial charge in [-0.1, -0.05) is 40.9 Å². The largest absolute Gasteiger partial charge is 0.477 e. The molecule has 154 valence electrons. The molecule has 8 nitrogen and oxygen atoms in total. The number of amides is 2. The maximum absolute atomic E-state index is 12.7. The summed E-state index contributed by atoms with van der Waals surface area (Å²) in [5.41, 5.74) is 2.00. The third-order valence-corrected chi connectivity index (χ3v) is 6.80. The fraction of sp³-hybridized carbons (Fsp3) is 0.250. The number of aliphatic carboxylic acids is 1. The van der Waals surface area contributed by atoms with Crippen molar-refractivity contribution in [2.75, 3.05) is 5.75 Å². The summed E-state index contributed by atoms with van der Waals surface area (Å²) in [6.45, 7) is 1.88. The Hall–Kier alpha value is -2.98. The number of β-lactam (4-membered cyclic amide) rings is 1. The zero-order valence-electron chi connectivity index (χ0n) is 15.9. The van der Waals surface area contributed by atoms with Gasteiger partial charge in [-0.25, -0.2) is 4.79 Å². The number of nitrogens with one attached hydrogen (secondary N) is 1. The van der Waals surface area contributed by atoms with Crippen molar-refractivity contribution >= 4 is 47.2 Å². The summed E-state index contributed by atoms with van der Waals surface area (Å²) in [5, 5.41) is 16.0. The molecular weight excluding hydrogens is 424 g/mol. The Bertz CT molecular complexity index is 1060. The van der Waals surface area contributed by atoms with Crippen LogP contribution in [0.4, 0.5) is 0 Å². The Morgan fingerprint density at radius 3 is 2.73 bits per heavy atom. The maximum atomic E-state index is 12.7. The number of nitrogens with zero attached hydrogens (tertiary/aromatic N) is 3. The molecule has 0 saturated carbocycles. The number of aryl methyl sites for hydroxylation is 1. The number of hydrogen-bond donors (Lipinski definition) is 2. The standard InChI is InChI=1S/C20H18N4O4S2/c1-11-14(22-23-30-11)8-7-13-10-29-19-16(18(26)24(19)17(13)20(27)28)21-15(25)9-12-5-3-2-4-6-12/h2-8,16,19H,9-10H2,1H3,(H,21,25)(H,27,28)/b8-7+/t16?,19-/m1/s1. The molecule has 2 atom stereocenters. The summed E-state index contributed by atoms with van der Waals surface area (Å²) >= 11 is 2.69. The lowest BCUT2D eigenvalue weighted by molar-refractivity contribution is -0.150. The normalized spacial score (nSPS) is 20.8. The van der Waals surface area contributed by atoms with Gasteiger partial charge in [-0.3, -0.25) is 14.5 Å². The lowest BCUT2D eigenvalue weighted by Gasteiger charge is -2.49. The van der Waals surface area contributed by atoms with Gasteiger partial charge in [0, 0.05) is 10.6 Å². The fourth-order valence-electron chi connectivity index (χ4n) is 3.35. The number of hydrogen-bond acceptors (Lipinski definition) is 7. The van der Waals surface area contributed by atoms with Crippen LogP contribution in [0.1, 0.15) is 16.1 Å². The van der Waals surface area contributed by atoms with Gasteiger partial charge in [0.15, 0.2) is 0 Å². The van der Waals surface area contributed by atoms with Gasteiger partial charge in [-0.2, -0.15) is 0 Å². The van der Waals surface area contributed by atoms with Gasteiger partial charge in [0.2, 0.25) is 5.91 Å². The Morgan fingerprint density at radius 1 is 1.30 bits per heavy atom. The van der Waals surface area contributed by atoms with Crippen molar-refractivity contribution in [3.63, 3.8) is 0 Å². The summed E-state index contributed by atoms with van der Waals surface area (Å²) in [5.74, 6) is -1.44. The molecule has 0 aliphatic carbocycles. The van der Waals surface area contributed by atoms with Crippen molar-refractivity contribution in [3.8, 4) is 0 Å². The number of fused-ring (bicyclic) bond motifs is 1. The number of carbonyl (C=O) groups is 3. The van der Waals surface area contributed by atoms with E-state index in [1.54, 1.807) is 12.2 Å². The second-order valence-corrected chi connectivity index (χ2v) is 8.91. The molecule has 1 fully saturated rings. The van der Waals surface area contributed by atoms with E-state index in [1.165, 1.54) is 28.2 Å². The second kappa shape index (κ2) is 8.41. The Morgan fingerprint density at radius 2 is 2.07 bits per heavy atom. The van der Waals surface area contributed by atoms with Crippen molar-refractivity contribution in [3.05, 3.63) is 63.8 Å². The van der Waals surface area contributed by atoms with E-state index in [2.05, 4.69) is 14.9 Å². The highest BCUT2D eigenvalue weighted by Crippen LogP contribution is 2.40. The molecule has 2 aliphatic rings. The minimum absolute atomic E-state index is 0.0469. The number of rotatable bonds is 6. The van der Waals surface area contributed by atoms with Gasteiger partial charge in [-0.15, -0.1) is 16.9 Å². The predicted molar refractivity (Wildman–Crippen MR) is 114 cm³/mol. The molecule has 0 spiro atoms. The third kappa shape index (κ3) is 3.88. The number of aromatic nitrogens is 2. The minimum atomic E-state index is -1.17. The first kappa shape index (κ1) is 20.3. The Balaban J connectivity index is 1.49. The van der Waals surface area contributed by atoms with Crippen LogP contribution in [0.3, 0.4) is 0 Å². The van der Waals surface area contributed by atoms with Crippen LogP contribution in [0.2, 0.25) is 0 Å². The van der Waals surface area contributed by atoms with Gasteiger partial charge in [0.25, 0.3) is 5.91 Å². The van der Waals surface area contributed by atoms with E-state index in [0.717, 1.165) is 10.4 Å².